The minimum atomic E-state index is -0.931. The quantitative estimate of drug-likeness (QED) is 0.633. The van der Waals surface area contributed by atoms with E-state index in [1.54, 1.807) is 12.1 Å². The van der Waals surface area contributed by atoms with Gasteiger partial charge in [0, 0.05) is 0 Å². The van der Waals surface area contributed by atoms with Crippen LogP contribution in [0.15, 0.2) is 18.2 Å². The molecule has 0 aliphatic rings. The highest BCUT2D eigenvalue weighted by molar-refractivity contribution is 5.87. The Balaban J connectivity index is 3.00. The molecule has 0 atom stereocenters. The van der Waals surface area contributed by atoms with Gasteiger partial charge in [0.25, 0.3) is 0 Å². The highest BCUT2D eigenvalue weighted by Crippen LogP contribution is 2.00. The Morgan fingerprint density at radius 3 is 2.70 bits per heavy atom. The fraction of sp³-hybridized carbons (Fsp3) is 0.125. The van der Waals surface area contributed by atoms with Gasteiger partial charge in [-0.3, -0.25) is 0 Å². The minimum Gasteiger partial charge on any atom is -0.478 e. The Kier molecular flexibility index (Phi) is 1.71. The molecule has 0 heterocycles. The molecule has 0 aliphatic heterocycles. The molecule has 2 heteroatoms. The van der Waals surface area contributed by atoms with Crippen molar-refractivity contribution in [2.24, 2.45) is 0 Å². The minimum absolute atomic E-state index is 0.214. The normalized spacial score (nSPS) is 9.30. The largest absolute Gasteiger partial charge is 0.478 e. The molecule has 0 spiro atoms. The molecule has 0 saturated carbocycles. The zero-order valence-corrected chi connectivity index (χ0v) is 5.59. The van der Waals surface area contributed by atoms with E-state index in [2.05, 4.69) is 6.07 Å². The van der Waals surface area contributed by atoms with E-state index < -0.39 is 5.97 Å². The van der Waals surface area contributed by atoms with Gasteiger partial charge in [0.15, 0.2) is 0 Å². The topological polar surface area (TPSA) is 37.3 Å². The smallest absolute Gasteiger partial charge is 0.336 e. The van der Waals surface area contributed by atoms with Crippen molar-refractivity contribution in [2.75, 3.05) is 0 Å². The summed E-state index contributed by atoms with van der Waals surface area (Å²) in [5.41, 5.74) is 1.23. The van der Waals surface area contributed by atoms with E-state index in [0.717, 1.165) is 5.56 Å². The van der Waals surface area contributed by atoms with Gasteiger partial charge in [0.1, 0.15) is 0 Å². The van der Waals surface area contributed by atoms with Crippen molar-refractivity contribution in [3.63, 3.8) is 0 Å². The van der Waals surface area contributed by atoms with Gasteiger partial charge >= 0.3 is 5.97 Å². The number of benzene rings is 1. The second-order valence-electron chi connectivity index (χ2n) is 2.08. The Labute approximate surface area is 59.1 Å². The van der Waals surface area contributed by atoms with E-state index in [9.17, 15) is 4.79 Å². The third-order valence-electron chi connectivity index (χ3n) is 1.20. The van der Waals surface area contributed by atoms with Crippen LogP contribution in [0.1, 0.15) is 15.9 Å². The fourth-order valence-corrected chi connectivity index (χ4v) is 0.636. The number of carbonyl (C=O) groups is 1. The van der Waals surface area contributed by atoms with Crippen molar-refractivity contribution in [3.05, 3.63) is 35.4 Å². The molecule has 1 radical (unpaired) electrons. The van der Waals surface area contributed by atoms with Crippen LogP contribution in [0.4, 0.5) is 0 Å². The van der Waals surface area contributed by atoms with Crippen molar-refractivity contribution in [3.8, 4) is 0 Å². The average molecular weight is 135 g/mol. The molecule has 0 aromatic heterocycles. The molecule has 0 aliphatic carbocycles. The number of carboxylic acid groups (broad SMARTS) is 1. The summed E-state index contributed by atoms with van der Waals surface area (Å²) >= 11 is 0. The van der Waals surface area contributed by atoms with Gasteiger partial charge < -0.3 is 5.11 Å². The molecule has 1 aromatic carbocycles. The van der Waals surface area contributed by atoms with E-state index in [1.165, 1.54) is 6.07 Å². The van der Waals surface area contributed by atoms with Crippen LogP contribution in [0.25, 0.3) is 0 Å². The molecule has 0 saturated heterocycles. The summed E-state index contributed by atoms with van der Waals surface area (Å²) in [5.74, 6) is -0.931. The van der Waals surface area contributed by atoms with Crippen LogP contribution in [-0.2, 0) is 0 Å². The first-order chi connectivity index (χ1) is 4.70. The first-order valence-electron chi connectivity index (χ1n) is 2.92. The predicted octanol–water partition coefficient (Wildman–Crippen LogP) is 1.49. The summed E-state index contributed by atoms with van der Waals surface area (Å²) in [5, 5.41) is 8.44. The summed E-state index contributed by atoms with van der Waals surface area (Å²) in [6.45, 7) is 1.89. The zero-order valence-electron chi connectivity index (χ0n) is 5.59. The number of aryl methyl sites for hydroxylation is 1. The summed E-state index contributed by atoms with van der Waals surface area (Å²) < 4.78 is 0. The Hall–Kier alpha value is -1.31. The first kappa shape index (κ1) is 6.81. The molecule has 51 valence electrons. The van der Waals surface area contributed by atoms with Crippen LogP contribution in [0, 0.1) is 13.0 Å². The van der Waals surface area contributed by atoms with Crippen molar-refractivity contribution in [2.45, 2.75) is 6.92 Å². The van der Waals surface area contributed by atoms with Gasteiger partial charge in [-0.05, 0) is 19.1 Å². The lowest BCUT2D eigenvalue weighted by Gasteiger charge is -1.92. The maximum atomic E-state index is 10.3. The molecule has 0 amide bonds. The molecule has 0 unspecified atom stereocenters. The van der Waals surface area contributed by atoms with Crippen molar-refractivity contribution >= 4 is 5.97 Å². The average Bonchev–Trinajstić information content (AvgIpc) is 1.88. The van der Waals surface area contributed by atoms with Crippen LogP contribution in [-0.4, -0.2) is 11.1 Å². The molecule has 1 aromatic rings. The first-order valence-corrected chi connectivity index (χ1v) is 2.92. The highest BCUT2D eigenvalue weighted by atomic mass is 16.4. The number of hydrogen-bond acceptors (Lipinski definition) is 1. The molecular formula is C8H7O2. The second-order valence-corrected chi connectivity index (χ2v) is 2.08. The van der Waals surface area contributed by atoms with Crippen LogP contribution in [0.5, 0.6) is 0 Å². The summed E-state index contributed by atoms with van der Waals surface area (Å²) in [4.78, 5) is 10.3. The summed E-state index contributed by atoms with van der Waals surface area (Å²) in [6.07, 6.45) is 0. The van der Waals surface area contributed by atoms with Crippen LogP contribution < -0.4 is 0 Å². The maximum absolute atomic E-state index is 10.3. The Morgan fingerprint density at radius 1 is 1.60 bits per heavy atom. The lowest BCUT2D eigenvalue weighted by Crippen LogP contribution is -1.95. The van der Waals surface area contributed by atoms with Gasteiger partial charge in [0.05, 0.1) is 5.56 Å². The number of aromatic carboxylic acids is 1. The van der Waals surface area contributed by atoms with Gasteiger partial charge in [-0.1, -0.05) is 17.7 Å². The lowest BCUT2D eigenvalue weighted by atomic mass is 10.2. The van der Waals surface area contributed by atoms with E-state index in [-0.39, 0.29) is 5.56 Å². The Morgan fingerprint density at radius 2 is 2.30 bits per heavy atom. The lowest BCUT2D eigenvalue weighted by molar-refractivity contribution is 0.0696. The van der Waals surface area contributed by atoms with E-state index in [1.807, 2.05) is 6.92 Å². The van der Waals surface area contributed by atoms with Crippen LogP contribution in [0.2, 0.25) is 0 Å². The molecule has 10 heavy (non-hydrogen) atoms. The second kappa shape index (κ2) is 2.52. The zero-order chi connectivity index (χ0) is 7.56. The predicted molar refractivity (Wildman–Crippen MR) is 37.0 cm³/mol. The highest BCUT2D eigenvalue weighted by Gasteiger charge is 1.99. The molecule has 0 bridgehead atoms. The van der Waals surface area contributed by atoms with Crippen molar-refractivity contribution in [1.82, 2.24) is 0 Å². The number of hydrogen-bond donors (Lipinski definition) is 1. The third-order valence-corrected chi connectivity index (χ3v) is 1.20. The molecular weight excluding hydrogens is 128 g/mol. The van der Waals surface area contributed by atoms with E-state index in [0.29, 0.717) is 0 Å². The number of rotatable bonds is 1. The van der Waals surface area contributed by atoms with Gasteiger partial charge in [-0.2, -0.15) is 0 Å². The van der Waals surface area contributed by atoms with Crippen molar-refractivity contribution < 1.29 is 9.90 Å². The van der Waals surface area contributed by atoms with Gasteiger partial charge in [0.2, 0.25) is 0 Å². The van der Waals surface area contributed by atoms with Crippen molar-refractivity contribution in [1.29, 1.82) is 0 Å². The SMILES string of the molecule is Cc1c[c]c(C(=O)O)cc1. The fourth-order valence-electron chi connectivity index (χ4n) is 0.636. The molecule has 1 rings (SSSR count). The standard InChI is InChI=1S/C8H7O2/c1-6-2-4-7(5-3-6)8(9)10/h2-4H,1H3,(H,9,10). The van der Waals surface area contributed by atoms with Crippen LogP contribution in [0.3, 0.4) is 0 Å². The third kappa shape index (κ3) is 1.35. The van der Waals surface area contributed by atoms with Gasteiger partial charge in [-0.15, -0.1) is 0 Å². The maximum Gasteiger partial charge on any atom is 0.336 e. The van der Waals surface area contributed by atoms with E-state index in [4.69, 9.17) is 5.11 Å². The molecule has 0 fully saturated rings. The van der Waals surface area contributed by atoms with Gasteiger partial charge in [-0.25, -0.2) is 4.79 Å². The summed E-state index contributed by atoms with van der Waals surface area (Å²) in [6, 6.07) is 7.58. The molecule has 1 N–H and O–H groups in total. The summed E-state index contributed by atoms with van der Waals surface area (Å²) in [7, 11) is 0. The van der Waals surface area contributed by atoms with E-state index >= 15 is 0 Å². The number of carboxylic acids is 1. The van der Waals surface area contributed by atoms with Crippen LogP contribution >= 0.6 is 0 Å². The molecule has 2 nitrogen and oxygen atoms in total. The Bertz CT molecular complexity index is 236. The monoisotopic (exact) mass is 135 g/mol.